The maximum absolute atomic E-state index is 14.1. The van der Waals surface area contributed by atoms with Gasteiger partial charge in [-0.05, 0) is 103 Å². The van der Waals surface area contributed by atoms with Crippen molar-refractivity contribution < 1.29 is 57.2 Å². The van der Waals surface area contributed by atoms with Crippen LogP contribution < -0.4 is 29.0 Å². The summed E-state index contributed by atoms with van der Waals surface area (Å²) in [6.45, 7) is 6.57. The highest BCUT2D eigenvalue weighted by Gasteiger charge is 2.36. The lowest BCUT2D eigenvalue weighted by molar-refractivity contribution is -0.137. The van der Waals surface area contributed by atoms with Crippen molar-refractivity contribution in [2.24, 2.45) is 21.8 Å². The van der Waals surface area contributed by atoms with Crippen molar-refractivity contribution in [3.63, 3.8) is 0 Å². The normalized spacial score (nSPS) is 17.5. The molecular weight excluding hydrogens is 1060 g/mol. The van der Waals surface area contributed by atoms with Crippen molar-refractivity contribution in [3.05, 3.63) is 125 Å². The molecule has 5 aliphatic rings. The van der Waals surface area contributed by atoms with Gasteiger partial charge in [-0.25, -0.2) is 0 Å². The number of nitrogens with one attached hydrogen (secondary N) is 1. The van der Waals surface area contributed by atoms with Crippen LogP contribution in [0.3, 0.4) is 0 Å². The topological polar surface area (TPSA) is 212 Å². The van der Waals surface area contributed by atoms with Gasteiger partial charge < -0.3 is 38.8 Å². The number of Topliss-reactive ketones (excluding diaryl/α,β-unsaturated/α-hetero) is 2. The number of benzene rings is 4. The molecule has 4 aromatic rings. The minimum atomic E-state index is -0.725. The van der Waals surface area contributed by atoms with Crippen molar-refractivity contribution in [1.82, 2.24) is 20.0 Å². The van der Waals surface area contributed by atoms with E-state index in [9.17, 15) is 33.6 Å². The van der Waals surface area contributed by atoms with E-state index in [0.29, 0.717) is 110 Å². The number of imide groups is 1. The Bertz CT molecular complexity index is 3270. The van der Waals surface area contributed by atoms with Crippen molar-refractivity contribution in [3.8, 4) is 28.7 Å². The summed E-state index contributed by atoms with van der Waals surface area (Å²) >= 11 is 0. The van der Waals surface area contributed by atoms with E-state index in [0.717, 1.165) is 52.8 Å². The van der Waals surface area contributed by atoms with E-state index < -0.39 is 12.0 Å². The zero-order chi connectivity index (χ0) is 58.7. The lowest BCUT2D eigenvalue weighted by Gasteiger charge is -2.22. The van der Waals surface area contributed by atoms with Crippen LogP contribution in [0.5, 0.6) is 28.7 Å². The molecule has 0 bridgehead atoms. The number of ketones is 2. The maximum Gasteiger partial charge on any atom is 0.260 e. The molecule has 0 spiro atoms. The number of hydrogen-bond acceptors (Lipinski definition) is 14. The van der Waals surface area contributed by atoms with Gasteiger partial charge in [0.05, 0.1) is 75.2 Å². The number of nitrogens with zero attached hydrogens (tertiary/aromatic N) is 5. The van der Waals surface area contributed by atoms with Gasteiger partial charge in [-0.3, -0.25) is 48.4 Å². The molecule has 1 N–H and O–H groups in total. The van der Waals surface area contributed by atoms with E-state index >= 15 is 0 Å². The Hall–Kier alpha value is -8.67. The van der Waals surface area contributed by atoms with Crippen LogP contribution in [-0.4, -0.2) is 127 Å². The number of fused-ring (bicyclic) bond motifs is 4. The standard InChI is InChI=1S/C65H72N6O12/c1-40(2)51(31-49(72)13-9-7-10-26-69-61(74)24-25-62(69)75)63(76)68-41(3)56(73)23-16-42-14-17-43(18-15-42)45-29-47-36-66-54-34-59(57(80-5)32-52(54)64(77)70(47)38-45)82-27-11-8-12-28-83-60-35-55-53(33-58(60)81-6)65(78)71-39-46(30-48(71)37-67-55)44-19-21-50(79-4)22-20-44/h14-15,17-22,24-25,32-41,47-48,51H,7-13,16,23,26-31H2,1-6H3,(H,68,76)/t41-,47-,48-,51-/m0/s1. The molecule has 0 aromatic heterocycles. The van der Waals surface area contributed by atoms with Crippen LogP contribution >= 0.6 is 0 Å². The second kappa shape index (κ2) is 26.9. The van der Waals surface area contributed by atoms with Crippen LogP contribution in [0.25, 0.3) is 11.1 Å². The number of methoxy groups -OCH3 is 3. The molecule has 5 amide bonds. The first-order valence-electron chi connectivity index (χ1n) is 28.6. The first kappa shape index (κ1) is 59.0. The molecule has 5 heterocycles. The SMILES string of the molecule is COc1ccc(C2=CN3C(=O)c4cc(OC)c(OCCCCCOc5cc6c(cc5OC)C(=O)N5C=C(c7ccc(CCC(=O)[C@H](C)NC(=O)[C@@H](CC(=O)CCCCCN8C(=O)C=CC8=O)C(C)C)cc7)C[C@H]5C=N6)cc4N=C[C@@H]3C2)cc1. The van der Waals surface area contributed by atoms with Gasteiger partial charge in [-0.2, -0.15) is 0 Å². The Balaban J connectivity index is 0.702. The number of amides is 5. The summed E-state index contributed by atoms with van der Waals surface area (Å²) in [5.74, 6) is 0.489. The number of carbonyl (C=O) groups is 7. The van der Waals surface area contributed by atoms with Crippen molar-refractivity contribution in [2.45, 2.75) is 116 Å². The number of unbranched alkanes of at least 4 members (excludes halogenated alkanes) is 4. The fourth-order valence-corrected chi connectivity index (χ4v) is 10.9. The Morgan fingerprint density at radius 3 is 1.64 bits per heavy atom. The minimum absolute atomic E-state index is 0.0370. The summed E-state index contributed by atoms with van der Waals surface area (Å²) in [6.07, 6.45) is 16.3. The lowest BCUT2D eigenvalue weighted by atomic mass is 9.88. The average Bonchev–Trinajstić information content (AvgIpc) is 2.94. The van der Waals surface area contributed by atoms with Gasteiger partial charge in [0.15, 0.2) is 28.8 Å². The van der Waals surface area contributed by atoms with E-state index in [2.05, 4.69) is 5.32 Å². The third-order valence-electron chi connectivity index (χ3n) is 15.8. The van der Waals surface area contributed by atoms with Crippen molar-refractivity contribution in [1.29, 1.82) is 0 Å². The molecule has 5 aliphatic heterocycles. The third kappa shape index (κ3) is 14.0. The number of hydrogen-bond donors (Lipinski definition) is 1. The Labute approximate surface area is 484 Å². The van der Waals surface area contributed by atoms with Crippen LogP contribution in [0.4, 0.5) is 11.4 Å². The second-order valence-electron chi connectivity index (χ2n) is 21.8. The van der Waals surface area contributed by atoms with Gasteiger partial charge in [-0.15, -0.1) is 0 Å². The highest BCUT2D eigenvalue weighted by molar-refractivity contribution is 6.13. The molecule has 9 rings (SSSR count). The van der Waals surface area contributed by atoms with E-state index in [-0.39, 0.29) is 71.9 Å². The summed E-state index contributed by atoms with van der Waals surface area (Å²) in [7, 11) is 4.72. The first-order chi connectivity index (χ1) is 40.1. The number of rotatable bonds is 28. The molecule has 0 saturated carbocycles. The Morgan fingerprint density at radius 1 is 0.614 bits per heavy atom. The molecule has 0 saturated heterocycles. The molecule has 0 unspecified atom stereocenters. The van der Waals surface area contributed by atoms with Gasteiger partial charge in [0.2, 0.25) is 5.91 Å². The van der Waals surface area contributed by atoms with E-state index in [1.165, 1.54) is 24.2 Å². The molecule has 83 heavy (non-hydrogen) atoms. The smallest absolute Gasteiger partial charge is 0.260 e. The fourth-order valence-electron chi connectivity index (χ4n) is 10.9. The first-order valence-corrected chi connectivity index (χ1v) is 28.6. The number of aryl methyl sites for hydroxylation is 1. The van der Waals surface area contributed by atoms with Crippen LogP contribution in [0.1, 0.15) is 129 Å². The zero-order valence-electron chi connectivity index (χ0n) is 48.0. The summed E-state index contributed by atoms with van der Waals surface area (Å²) in [5.41, 5.74) is 6.80. The average molecular weight is 1130 g/mol. The number of aliphatic imine (C=N–C) groups is 2. The maximum atomic E-state index is 14.1. The van der Waals surface area contributed by atoms with Crippen LogP contribution in [0.15, 0.2) is 107 Å². The number of carbonyl (C=O) groups excluding carboxylic acids is 7. The quantitative estimate of drug-likeness (QED) is 0.0416. The number of ether oxygens (including phenoxy) is 5. The fraction of sp³-hybridized carbons (Fsp3) is 0.400. The Kier molecular flexibility index (Phi) is 19.1. The van der Waals surface area contributed by atoms with E-state index in [1.54, 1.807) is 61.4 Å². The van der Waals surface area contributed by atoms with Crippen molar-refractivity contribution in [2.75, 3.05) is 41.1 Å². The lowest BCUT2D eigenvalue weighted by Crippen LogP contribution is -2.43. The van der Waals surface area contributed by atoms with Crippen LogP contribution in [0, 0.1) is 11.8 Å². The predicted octanol–water partition coefficient (Wildman–Crippen LogP) is 10.0. The molecule has 18 nitrogen and oxygen atoms in total. The van der Waals surface area contributed by atoms with Gasteiger partial charge in [0, 0.05) is 93.7 Å². The summed E-state index contributed by atoms with van der Waals surface area (Å²) < 4.78 is 29.1. The van der Waals surface area contributed by atoms with Crippen LogP contribution in [-0.2, 0) is 30.4 Å². The predicted molar refractivity (Wildman–Crippen MR) is 315 cm³/mol. The van der Waals surface area contributed by atoms with Gasteiger partial charge in [0.25, 0.3) is 23.6 Å². The monoisotopic (exact) mass is 1130 g/mol. The highest BCUT2D eigenvalue weighted by Crippen LogP contribution is 2.42. The van der Waals surface area contributed by atoms with Gasteiger partial charge >= 0.3 is 0 Å². The summed E-state index contributed by atoms with van der Waals surface area (Å²) in [6, 6.07) is 21.4. The van der Waals surface area contributed by atoms with Crippen LogP contribution in [0.2, 0.25) is 0 Å². The van der Waals surface area contributed by atoms with Gasteiger partial charge in [0.1, 0.15) is 11.5 Å². The molecule has 0 fully saturated rings. The van der Waals surface area contributed by atoms with E-state index in [4.69, 9.17) is 33.7 Å². The van der Waals surface area contributed by atoms with Gasteiger partial charge in [-0.1, -0.05) is 56.7 Å². The molecular formula is C65H72N6O12. The zero-order valence-corrected chi connectivity index (χ0v) is 48.0. The van der Waals surface area contributed by atoms with E-state index in [1.807, 2.05) is 81.0 Å². The molecule has 4 atom stereocenters. The largest absolute Gasteiger partial charge is 0.497 e. The molecule has 434 valence electrons. The minimum Gasteiger partial charge on any atom is -0.497 e. The summed E-state index contributed by atoms with van der Waals surface area (Å²) in [5, 5.41) is 2.85. The third-order valence-corrected chi connectivity index (χ3v) is 15.8. The Morgan fingerprint density at radius 2 is 1.13 bits per heavy atom. The highest BCUT2D eigenvalue weighted by atomic mass is 16.5. The molecule has 18 heteroatoms. The second-order valence-corrected chi connectivity index (χ2v) is 21.8. The van der Waals surface area contributed by atoms with Crippen molar-refractivity contribution >= 4 is 76.1 Å². The molecule has 0 aliphatic carbocycles. The molecule has 0 radical (unpaired) electrons. The summed E-state index contributed by atoms with van der Waals surface area (Å²) in [4.78, 5) is 105. The molecule has 4 aromatic carbocycles.